The van der Waals surface area contributed by atoms with E-state index in [9.17, 15) is 5.11 Å². The Labute approximate surface area is 130 Å². The van der Waals surface area contributed by atoms with Crippen molar-refractivity contribution in [3.8, 4) is 22.6 Å². The molecular weight excluding hydrogens is 276 g/mol. The molecule has 2 aliphatic rings. The summed E-state index contributed by atoms with van der Waals surface area (Å²) in [7, 11) is 3.75. The van der Waals surface area contributed by atoms with Crippen LogP contribution in [-0.2, 0) is 12.8 Å². The molecule has 1 aliphatic carbocycles. The maximum absolute atomic E-state index is 10.7. The van der Waals surface area contributed by atoms with E-state index in [-0.39, 0.29) is 5.75 Å². The number of nitrogens with two attached hydrogens (primary N) is 1. The molecular formula is C18H20N2O2. The van der Waals surface area contributed by atoms with E-state index in [4.69, 9.17) is 10.5 Å². The van der Waals surface area contributed by atoms with Crippen molar-refractivity contribution < 1.29 is 9.84 Å². The second-order valence-electron chi connectivity index (χ2n) is 6.24. The number of likely N-dealkylation sites (N-methyl/N-ethyl adjacent to an activating group) is 1. The second kappa shape index (κ2) is 4.65. The summed E-state index contributed by atoms with van der Waals surface area (Å²) in [5.74, 6) is 0.778. The Morgan fingerprint density at radius 3 is 2.86 bits per heavy atom. The van der Waals surface area contributed by atoms with E-state index >= 15 is 0 Å². The number of aromatic hydroxyl groups is 1. The number of hydrogen-bond donors (Lipinski definition) is 2. The Kier molecular flexibility index (Phi) is 2.84. The van der Waals surface area contributed by atoms with Gasteiger partial charge in [0.15, 0.2) is 11.5 Å². The van der Waals surface area contributed by atoms with Crippen LogP contribution in [0.15, 0.2) is 24.3 Å². The highest BCUT2D eigenvalue weighted by molar-refractivity contribution is 5.84. The minimum atomic E-state index is 0.230. The van der Waals surface area contributed by atoms with Gasteiger partial charge in [-0.1, -0.05) is 6.07 Å². The molecule has 2 aromatic rings. The van der Waals surface area contributed by atoms with E-state index < -0.39 is 0 Å². The molecule has 114 valence electrons. The normalized spacial score (nSPS) is 19.5. The number of ether oxygens (including phenoxy) is 1. The van der Waals surface area contributed by atoms with Crippen LogP contribution in [0.5, 0.6) is 11.5 Å². The average Bonchev–Trinajstić information content (AvgIpc) is 2.52. The van der Waals surface area contributed by atoms with E-state index in [0.29, 0.717) is 11.8 Å². The molecule has 4 heteroatoms. The van der Waals surface area contributed by atoms with Gasteiger partial charge in [0.1, 0.15) is 0 Å². The van der Waals surface area contributed by atoms with Crippen LogP contribution in [0.4, 0.5) is 5.69 Å². The van der Waals surface area contributed by atoms with Crippen molar-refractivity contribution in [3.63, 3.8) is 0 Å². The highest BCUT2D eigenvalue weighted by atomic mass is 16.5. The van der Waals surface area contributed by atoms with Crippen LogP contribution < -0.4 is 10.5 Å². The Morgan fingerprint density at radius 1 is 1.27 bits per heavy atom. The van der Waals surface area contributed by atoms with Gasteiger partial charge >= 0.3 is 0 Å². The highest BCUT2D eigenvalue weighted by Crippen LogP contribution is 2.52. The van der Waals surface area contributed by atoms with E-state index in [1.165, 1.54) is 16.7 Å². The number of methoxy groups -OCH3 is 1. The number of benzene rings is 2. The molecule has 1 heterocycles. The fraction of sp³-hybridized carbons (Fsp3) is 0.333. The Balaban J connectivity index is 2.08. The molecule has 0 amide bonds. The van der Waals surface area contributed by atoms with Crippen LogP contribution in [0.2, 0.25) is 0 Å². The van der Waals surface area contributed by atoms with Crippen molar-refractivity contribution in [2.24, 2.45) is 0 Å². The second-order valence-corrected chi connectivity index (χ2v) is 6.24. The van der Waals surface area contributed by atoms with Gasteiger partial charge in [-0.15, -0.1) is 0 Å². The summed E-state index contributed by atoms with van der Waals surface area (Å²) in [5, 5.41) is 10.7. The molecule has 0 radical (unpaired) electrons. The van der Waals surface area contributed by atoms with Crippen LogP contribution in [-0.4, -0.2) is 30.7 Å². The summed E-state index contributed by atoms with van der Waals surface area (Å²) >= 11 is 0. The van der Waals surface area contributed by atoms with Crippen LogP contribution in [0.3, 0.4) is 0 Å². The summed E-state index contributed by atoms with van der Waals surface area (Å²) in [6, 6.07) is 8.28. The topological polar surface area (TPSA) is 58.7 Å². The first kappa shape index (κ1) is 13.5. The lowest BCUT2D eigenvalue weighted by Crippen LogP contribution is -2.35. The molecule has 4 nitrogen and oxygen atoms in total. The fourth-order valence-corrected chi connectivity index (χ4v) is 3.88. The molecule has 0 saturated carbocycles. The summed E-state index contributed by atoms with van der Waals surface area (Å²) in [5.41, 5.74) is 12.4. The number of nitrogen functional groups attached to an aromatic ring is 1. The molecule has 3 N–H and O–H groups in total. The smallest absolute Gasteiger partial charge is 0.166 e. The van der Waals surface area contributed by atoms with Gasteiger partial charge in [0.05, 0.1) is 7.11 Å². The number of rotatable bonds is 1. The molecule has 0 aromatic heterocycles. The van der Waals surface area contributed by atoms with Crippen LogP contribution in [0, 0.1) is 0 Å². The molecule has 1 unspecified atom stereocenters. The zero-order valence-electron chi connectivity index (χ0n) is 12.9. The van der Waals surface area contributed by atoms with Gasteiger partial charge < -0.3 is 15.6 Å². The van der Waals surface area contributed by atoms with E-state index in [1.807, 2.05) is 18.2 Å². The van der Waals surface area contributed by atoms with Crippen molar-refractivity contribution in [2.45, 2.75) is 18.9 Å². The third kappa shape index (κ3) is 1.74. The van der Waals surface area contributed by atoms with Crippen molar-refractivity contribution in [1.82, 2.24) is 4.90 Å². The van der Waals surface area contributed by atoms with Crippen LogP contribution >= 0.6 is 0 Å². The van der Waals surface area contributed by atoms with Crippen LogP contribution in [0.1, 0.15) is 22.7 Å². The van der Waals surface area contributed by atoms with E-state index in [1.54, 1.807) is 7.11 Å². The SMILES string of the molecule is COc1cc2c3c(c1O)-c1cc(N)ccc1CC3N(C)CC2. The molecule has 0 saturated heterocycles. The first-order valence-electron chi connectivity index (χ1n) is 7.62. The molecule has 4 rings (SSSR count). The van der Waals surface area contributed by atoms with Gasteiger partial charge in [0.2, 0.25) is 0 Å². The molecule has 1 atom stereocenters. The largest absolute Gasteiger partial charge is 0.504 e. The summed E-state index contributed by atoms with van der Waals surface area (Å²) in [6.07, 6.45) is 1.93. The monoisotopic (exact) mass is 296 g/mol. The average molecular weight is 296 g/mol. The van der Waals surface area contributed by atoms with E-state index in [2.05, 4.69) is 18.0 Å². The standard InChI is InChI=1S/C18H20N2O2/c1-20-6-5-11-8-15(22-2)18(21)17-13-9-12(19)4-3-10(13)7-14(20)16(11)17/h3-4,8-9,14,21H,5-7,19H2,1-2H3. The fourth-order valence-electron chi connectivity index (χ4n) is 3.88. The van der Waals surface area contributed by atoms with Gasteiger partial charge in [-0.05, 0) is 60.3 Å². The van der Waals surface area contributed by atoms with Gasteiger partial charge in [0.25, 0.3) is 0 Å². The molecule has 2 aromatic carbocycles. The van der Waals surface area contributed by atoms with Gasteiger partial charge in [-0.25, -0.2) is 0 Å². The van der Waals surface area contributed by atoms with Crippen molar-refractivity contribution in [2.75, 3.05) is 26.4 Å². The Bertz CT molecular complexity index is 770. The predicted octanol–water partition coefficient (Wildman–Crippen LogP) is 2.74. The molecule has 0 spiro atoms. The number of nitrogens with zero attached hydrogens (tertiary/aromatic N) is 1. The number of phenols is 1. The summed E-state index contributed by atoms with van der Waals surface area (Å²) < 4.78 is 5.39. The molecule has 22 heavy (non-hydrogen) atoms. The van der Waals surface area contributed by atoms with Gasteiger partial charge in [-0.2, -0.15) is 0 Å². The Morgan fingerprint density at radius 2 is 2.09 bits per heavy atom. The minimum absolute atomic E-state index is 0.230. The zero-order valence-corrected chi connectivity index (χ0v) is 12.9. The molecule has 0 fully saturated rings. The number of anilines is 1. The zero-order chi connectivity index (χ0) is 15.4. The van der Waals surface area contributed by atoms with Gasteiger partial charge in [-0.3, -0.25) is 4.90 Å². The van der Waals surface area contributed by atoms with Crippen molar-refractivity contribution in [3.05, 3.63) is 41.0 Å². The summed E-state index contributed by atoms with van der Waals surface area (Å²) in [6.45, 7) is 1.02. The molecule has 0 bridgehead atoms. The van der Waals surface area contributed by atoms with Crippen LogP contribution in [0.25, 0.3) is 11.1 Å². The minimum Gasteiger partial charge on any atom is -0.504 e. The van der Waals surface area contributed by atoms with Crippen molar-refractivity contribution >= 4 is 5.69 Å². The van der Waals surface area contributed by atoms with Crippen molar-refractivity contribution in [1.29, 1.82) is 0 Å². The number of hydrogen-bond acceptors (Lipinski definition) is 4. The number of phenolic OH excluding ortho intramolecular Hbond substituents is 1. The lowest BCUT2D eigenvalue weighted by atomic mass is 9.76. The third-order valence-corrected chi connectivity index (χ3v) is 5.03. The lowest BCUT2D eigenvalue weighted by molar-refractivity contribution is 0.227. The quantitative estimate of drug-likeness (QED) is 0.794. The number of fused-ring (bicyclic) bond motifs is 2. The van der Waals surface area contributed by atoms with Gasteiger partial charge in [0, 0.05) is 23.8 Å². The Hall–Kier alpha value is -2.20. The maximum Gasteiger partial charge on any atom is 0.166 e. The summed E-state index contributed by atoms with van der Waals surface area (Å²) in [4.78, 5) is 2.37. The third-order valence-electron chi connectivity index (χ3n) is 5.03. The highest BCUT2D eigenvalue weighted by Gasteiger charge is 2.35. The first-order chi connectivity index (χ1) is 10.6. The first-order valence-corrected chi connectivity index (χ1v) is 7.62. The molecule has 1 aliphatic heterocycles. The maximum atomic E-state index is 10.7. The lowest BCUT2D eigenvalue weighted by Gasteiger charge is -2.40. The van der Waals surface area contributed by atoms with E-state index in [0.717, 1.165) is 36.2 Å². The predicted molar refractivity (Wildman–Crippen MR) is 87.3 cm³/mol.